The molecule has 6 nitrogen and oxygen atoms in total. The molecule has 0 bridgehead atoms. The number of nitrogens with zero attached hydrogens (tertiary/aromatic N) is 3. The molecule has 2 atom stereocenters. The highest BCUT2D eigenvalue weighted by molar-refractivity contribution is 5.81. The van der Waals surface area contributed by atoms with E-state index >= 15 is 0 Å². The number of rotatable bonds is 5. The predicted octanol–water partition coefficient (Wildman–Crippen LogP) is 4.41. The van der Waals surface area contributed by atoms with Crippen molar-refractivity contribution in [1.29, 1.82) is 0 Å². The summed E-state index contributed by atoms with van der Waals surface area (Å²) in [5.41, 5.74) is 2.51. The summed E-state index contributed by atoms with van der Waals surface area (Å²) in [6.07, 6.45) is 5.61. The molecule has 0 saturated heterocycles. The maximum Gasteiger partial charge on any atom is 0.261 e. The Labute approximate surface area is 185 Å². The maximum absolute atomic E-state index is 13.9. The van der Waals surface area contributed by atoms with Gasteiger partial charge in [-0.25, -0.2) is 18.7 Å². The molecule has 0 radical (unpaired) electrons. The number of hydrogen-bond donors (Lipinski definition) is 1. The number of halogens is 2. The molecule has 2 aromatic heterocycles. The van der Waals surface area contributed by atoms with E-state index in [0.717, 1.165) is 35.4 Å². The van der Waals surface area contributed by atoms with E-state index in [1.165, 1.54) is 13.0 Å². The number of benzene rings is 1. The zero-order valence-electron chi connectivity index (χ0n) is 18.1. The molecule has 1 aliphatic carbocycles. The number of nitrogens with one attached hydrogen (secondary N) is 1. The van der Waals surface area contributed by atoms with E-state index in [9.17, 15) is 13.6 Å². The molecule has 2 heterocycles. The fraction of sp³-hybridized carbons (Fsp3) is 0.333. The molecule has 3 aromatic rings. The lowest BCUT2D eigenvalue weighted by Crippen LogP contribution is -2.42. The molecular weight excluding hydrogens is 414 g/mol. The molecular formula is C24H24F2N4O2. The standard InChI is InChI=1S/C24H24F2N4O2/c1-14(32-21-5-4-16(25)10-18(21)26)23(31)30-20-12-24(2,3)11-19-17(20)13-28-22(29-19)15-6-8-27-9-7-15/h4-10,13-14,20H,11-12H2,1-3H3,(H,30,31). The first-order valence-electron chi connectivity index (χ1n) is 10.4. The number of ether oxygens (including phenoxy) is 1. The quantitative estimate of drug-likeness (QED) is 0.638. The van der Waals surface area contributed by atoms with Crippen LogP contribution in [-0.2, 0) is 11.2 Å². The number of carbonyl (C=O) groups is 1. The van der Waals surface area contributed by atoms with Crippen LogP contribution in [-0.4, -0.2) is 27.0 Å². The Bertz CT molecular complexity index is 1140. The van der Waals surface area contributed by atoms with Crippen molar-refractivity contribution in [3.63, 3.8) is 0 Å². The Balaban J connectivity index is 1.54. The Morgan fingerprint density at radius 2 is 1.97 bits per heavy atom. The van der Waals surface area contributed by atoms with E-state index in [0.29, 0.717) is 12.2 Å². The minimum atomic E-state index is -0.972. The highest BCUT2D eigenvalue weighted by atomic mass is 19.1. The van der Waals surface area contributed by atoms with Crippen molar-refractivity contribution in [2.45, 2.75) is 45.8 Å². The van der Waals surface area contributed by atoms with E-state index in [1.807, 2.05) is 12.1 Å². The monoisotopic (exact) mass is 438 g/mol. The normalized spacial score (nSPS) is 17.8. The van der Waals surface area contributed by atoms with Crippen LogP contribution in [0.5, 0.6) is 5.75 Å². The van der Waals surface area contributed by atoms with Gasteiger partial charge in [-0.3, -0.25) is 9.78 Å². The molecule has 2 unspecified atom stereocenters. The Kier molecular flexibility index (Phi) is 5.86. The summed E-state index contributed by atoms with van der Waals surface area (Å²) in [5.74, 6) is -1.54. The summed E-state index contributed by atoms with van der Waals surface area (Å²) in [6.45, 7) is 5.77. The topological polar surface area (TPSA) is 77.0 Å². The number of aromatic nitrogens is 3. The van der Waals surface area contributed by atoms with Gasteiger partial charge in [-0.15, -0.1) is 0 Å². The van der Waals surface area contributed by atoms with Crippen molar-refractivity contribution in [2.24, 2.45) is 5.41 Å². The molecule has 0 spiro atoms. The number of hydrogen-bond acceptors (Lipinski definition) is 5. The van der Waals surface area contributed by atoms with Crippen molar-refractivity contribution >= 4 is 5.91 Å². The molecule has 1 aromatic carbocycles. The summed E-state index contributed by atoms with van der Waals surface area (Å²) in [5, 5.41) is 2.99. The molecule has 1 N–H and O–H groups in total. The van der Waals surface area contributed by atoms with Gasteiger partial charge in [0.15, 0.2) is 23.5 Å². The highest BCUT2D eigenvalue weighted by Crippen LogP contribution is 2.40. The van der Waals surface area contributed by atoms with Crippen LogP contribution in [0.2, 0.25) is 0 Å². The number of amides is 1. The first-order chi connectivity index (χ1) is 15.2. The van der Waals surface area contributed by atoms with E-state index in [1.54, 1.807) is 18.6 Å². The third kappa shape index (κ3) is 4.74. The van der Waals surface area contributed by atoms with Crippen LogP contribution in [0.25, 0.3) is 11.4 Å². The molecule has 1 aliphatic rings. The van der Waals surface area contributed by atoms with Crippen molar-refractivity contribution < 1.29 is 18.3 Å². The van der Waals surface area contributed by atoms with Crippen molar-refractivity contribution in [1.82, 2.24) is 20.3 Å². The molecule has 0 aliphatic heterocycles. The van der Waals surface area contributed by atoms with Crippen LogP contribution < -0.4 is 10.1 Å². The maximum atomic E-state index is 13.9. The van der Waals surface area contributed by atoms with Crippen LogP contribution in [0.3, 0.4) is 0 Å². The third-order valence-electron chi connectivity index (χ3n) is 5.50. The van der Waals surface area contributed by atoms with E-state index in [-0.39, 0.29) is 17.2 Å². The van der Waals surface area contributed by atoms with Crippen LogP contribution in [0.4, 0.5) is 8.78 Å². The molecule has 166 valence electrons. The average Bonchev–Trinajstić information content (AvgIpc) is 2.75. The predicted molar refractivity (Wildman–Crippen MR) is 115 cm³/mol. The van der Waals surface area contributed by atoms with Crippen molar-refractivity contribution in [2.75, 3.05) is 0 Å². The second-order valence-electron chi connectivity index (χ2n) is 8.77. The molecule has 8 heteroatoms. The van der Waals surface area contributed by atoms with Gasteiger partial charge in [-0.1, -0.05) is 13.8 Å². The third-order valence-corrected chi connectivity index (χ3v) is 5.50. The van der Waals surface area contributed by atoms with Gasteiger partial charge in [0.25, 0.3) is 5.91 Å². The fourth-order valence-electron chi connectivity index (χ4n) is 3.92. The summed E-state index contributed by atoms with van der Waals surface area (Å²) in [4.78, 5) is 26.1. The lowest BCUT2D eigenvalue weighted by molar-refractivity contribution is -0.128. The van der Waals surface area contributed by atoms with E-state index < -0.39 is 23.6 Å². The van der Waals surface area contributed by atoms with Crippen molar-refractivity contribution in [3.05, 3.63) is 71.8 Å². The molecule has 32 heavy (non-hydrogen) atoms. The van der Waals surface area contributed by atoms with Crippen LogP contribution in [0, 0.1) is 17.0 Å². The van der Waals surface area contributed by atoms with Crippen LogP contribution in [0.1, 0.15) is 44.5 Å². The summed E-state index contributed by atoms with van der Waals surface area (Å²) in [6, 6.07) is 6.36. The average molecular weight is 438 g/mol. The van der Waals surface area contributed by atoms with Gasteiger partial charge in [0.05, 0.1) is 11.7 Å². The highest BCUT2D eigenvalue weighted by Gasteiger charge is 2.35. The van der Waals surface area contributed by atoms with Crippen LogP contribution >= 0.6 is 0 Å². The summed E-state index contributed by atoms with van der Waals surface area (Å²) in [7, 11) is 0. The first kappa shape index (κ1) is 21.8. The molecule has 4 rings (SSSR count). The second-order valence-corrected chi connectivity index (χ2v) is 8.77. The second kappa shape index (κ2) is 8.61. The molecule has 1 amide bonds. The van der Waals surface area contributed by atoms with Gasteiger partial charge < -0.3 is 10.1 Å². The minimum absolute atomic E-state index is 0.0953. The number of fused-ring (bicyclic) bond motifs is 1. The lowest BCUT2D eigenvalue weighted by atomic mass is 9.74. The Morgan fingerprint density at radius 3 is 2.69 bits per heavy atom. The molecule has 0 fully saturated rings. The van der Waals surface area contributed by atoms with Gasteiger partial charge in [0.1, 0.15) is 5.82 Å². The van der Waals surface area contributed by atoms with Crippen molar-refractivity contribution in [3.8, 4) is 17.1 Å². The zero-order valence-corrected chi connectivity index (χ0v) is 18.1. The number of pyridine rings is 1. The Hall–Kier alpha value is -3.42. The fourth-order valence-corrected chi connectivity index (χ4v) is 3.92. The smallest absolute Gasteiger partial charge is 0.261 e. The minimum Gasteiger partial charge on any atom is -0.478 e. The zero-order chi connectivity index (χ0) is 22.9. The lowest BCUT2D eigenvalue weighted by Gasteiger charge is -2.37. The van der Waals surface area contributed by atoms with E-state index in [2.05, 4.69) is 29.1 Å². The summed E-state index contributed by atoms with van der Waals surface area (Å²) < 4.78 is 32.4. The van der Waals surface area contributed by atoms with Gasteiger partial charge in [-0.05, 0) is 49.4 Å². The number of carbonyl (C=O) groups excluding carboxylic acids is 1. The van der Waals surface area contributed by atoms with Crippen LogP contribution in [0.15, 0.2) is 48.9 Å². The summed E-state index contributed by atoms with van der Waals surface area (Å²) >= 11 is 0. The van der Waals surface area contributed by atoms with Gasteiger partial charge in [-0.2, -0.15) is 0 Å². The van der Waals surface area contributed by atoms with Gasteiger partial charge >= 0.3 is 0 Å². The van der Waals surface area contributed by atoms with E-state index in [4.69, 9.17) is 9.72 Å². The molecule has 0 saturated carbocycles. The SMILES string of the molecule is CC(Oc1ccc(F)cc1F)C(=O)NC1CC(C)(C)Cc2nc(-c3ccncc3)ncc21. The van der Waals surface area contributed by atoms with Gasteiger partial charge in [0.2, 0.25) is 0 Å². The first-order valence-corrected chi connectivity index (χ1v) is 10.4. The largest absolute Gasteiger partial charge is 0.478 e. The Morgan fingerprint density at radius 1 is 1.22 bits per heavy atom. The van der Waals surface area contributed by atoms with Gasteiger partial charge in [0, 0.05) is 35.8 Å².